The Balaban J connectivity index is 2.66. The molecule has 2 atom stereocenters. The van der Waals surface area contributed by atoms with E-state index in [-0.39, 0.29) is 0 Å². The molecule has 0 saturated heterocycles. The number of halogens is 1. The van der Waals surface area contributed by atoms with E-state index >= 15 is 0 Å². The van der Waals surface area contributed by atoms with Crippen molar-refractivity contribution in [3.8, 4) is 0 Å². The summed E-state index contributed by atoms with van der Waals surface area (Å²) in [5, 5.41) is 0.479. The van der Waals surface area contributed by atoms with Gasteiger partial charge in [-0.25, -0.2) is 0 Å². The van der Waals surface area contributed by atoms with Gasteiger partial charge in [-0.15, -0.1) is 0 Å². The van der Waals surface area contributed by atoms with Gasteiger partial charge in [0.15, 0.2) is 0 Å². The number of hydrogen-bond acceptors (Lipinski definition) is 2. The first-order valence-corrected chi connectivity index (χ1v) is 7.53. The number of hydrogen-bond donors (Lipinski definition) is 1. The van der Waals surface area contributed by atoms with Gasteiger partial charge in [0.25, 0.3) is 0 Å². The first-order chi connectivity index (χ1) is 7.90. The largest absolute Gasteiger partial charge is 0.398 e. The second kappa shape index (κ2) is 6.41. The summed E-state index contributed by atoms with van der Waals surface area (Å²) in [6.07, 6.45) is 1.09. The van der Waals surface area contributed by atoms with Crippen molar-refractivity contribution in [1.29, 1.82) is 0 Å². The summed E-state index contributed by atoms with van der Waals surface area (Å²) in [4.78, 5) is 0.764. The second-order valence-electron chi connectivity index (χ2n) is 4.93. The van der Waals surface area contributed by atoms with Crippen LogP contribution in [0.2, 0.25) is 5.02 Å². The van der Waals surface area contributed by atoms with Crippen molar-refractivity contribution in [2.24, 2.45) is 11.8 Å². The minimum atomic E-state index is -0.988. The van der Waals surface area contributed by atoms with Crippen molar-refractivity contribution in [3.63, 3.8) is 0 Å². The maximum absolute atomic E-state index is 12.1. The highest BCUT2D eigenvalue weighted by Gasteiger charge is 2.12. The predicted octanol–water partition coefficient (Wildman–Crippen LogP) is 3.71. The second-order valence-corrected chi connectivity index (χ2v) is 6.83. The molecular formula is C13H20ClNOS. The van der Waals surface area contributed by atoms with E-state index < -0.39 is 10.8 Å². The van der Waals surface area contributed by atoms with Crippen molar-refractivity contribution >= 4 is 28.1 Å². The smallest absolute Gasteiger partial charge is 0.0647 e. The molecule has 0 aliphatic heterocycles. The molecule has 2 unspecified atom stereocenters. The molecule has 0 bridgehead atoms. The van der Waals surface area contributed by atoms with Crippen molar-refractivity contribution in [2.45, 2.75) is 32.1 Å². The van der Waals surface area contributed by atoms with Gasteiger partial charge in [0.05, 0.1) is 21.5 Å². The Kier molecular flexibility index (Phi) is 5.47. The fourth-order valence-electron chi connectivity index (χ4n) is 1.88. The molecule has 0 fully saturated rings. The molecule has 0 aliphatic rings. The van der Waals surface area contributed by atoms with Gasteiger partial charge in [-0.05, 0) is 36.5 Å². The zero-order chi connectivity index (χ0) is 13.0. The van der Waals surface area contributed by atoms with Crippen molar-refractivity contribution in [2.75, 3.05) is 11.5 Å². The van der Waals surface area contributed by atoms with Crippen molar-refractivity contribution in [3.05, 3.63) is 23.2 Å². The monoisotopic (exact) mass is 273 g/mol. The van der Waals surface area contributed by atoms with E-state index in [1.165, 1.54) is 0 Å². The Morgan fingerprint density at radius 2 is 2.00 bits per heavy atom. The van der Waals surface area contributed by atoms with E-state index in [0.29, 0.717) is 28.3 Å². The maximum atomic E-state index is 12.1. The Labute approximate surface area is 111 Å². The van der Waals surface area contributed by atoms with Crippen LogP contribution >= 0.6 is 11.6 Å². The predicted molar refractivity (Wildman–Crippen MR) is 75.8 cm³/mol. The standard InChI is InChI=1S/C13H20ClNOS/c1-9(2)6-10(3)8-17(16)11-4-5-13(15)12(14)7-11/h4-5,7,9-10H,6,8,15H2,1-3H3. The zero-order valence-corrected chi connectivity index (χ0v) is 12.1. The lowest BCUT2D eigenvalue weighted by molar-refractivity contribution is 0.471. The van der Waals surface area contributed by atoms with Gasteiger partial charge in [0, 0.05) is 10.6 Å². The summed E-state index contributed by atoms with van der Waals surface area (Å²) in [5.74, 6) is 1.77. The molecule has 0 saturated carbocycles. The van der Waals surface area contributed by atoms with Crippen molar-refractivity contribution in [1.82, 2.24) is 0 Å². The van der Waals surface area contributed by atoms with Crippen LogP contribution < -0.4 is 5.73 Å². The quantitative estimate of drug-likeness (QED) is 0.831. The van der Waals surface area contributed by atoms with E-state index in [9.17, 15) is 4.21 Å². The van der Waals surface area contributed by atoms with Gasteiger partial charge in [-0.2, -0.15) is 0 Å². The summed E-state index contributed by atoms with van der Waals surface area (Å²) in [7, 11) is -0.988. The third kappa shape index (κ3) is 4.68. The number of rotatable bonds is 5. The minimum absolute atomic E-state index is 0.451. The topological polar surface area (TPSA) is 43.1 Å². The first kappa shape index (κ1) is 14.5. The van der Waals surface area contributed by atoms with Crippen LogP contribution in [0, 0.1) is 11.8 Å². The summed E-state index contributed by atoms with van der Waals surface area (Å²) < 4.78 is 12.1. The average Bonchev–Trinajstić information content (AvgIpc) is 2.20. The number of benzene rings is 1. The van der Waals surface area contributed by atoms with Crippen LogP contribution in [0.1, 0.15) is 27.2 Å². The molecule has 96 valence electrons. The molecule has 0 spiro atoms. The molecule has 1 rings (SSSR count). The molecule has 1 aromatic rings. The summed E-state index contributed by atoms with van der Waals surface area (Å²) in [5.41, 5.74) is 6.16. The fourth-order valence-corrected chi connectivity index (χ4v) is 3.44. The molecule has 0 radical (unpaired) electrons. The van der Waals surface area contributed by atoms with Gasteiger partial charge < -0.3 is 5.73 Å². The Morgan fingerprint density at radius 1 is 1.35 bits per heavy atom. The maximum Gasteiger partial charge on any atom is 0.0647 e. The van der Waals surface area contributed by atoms with E-state index in [0.717, 1.165) is 11.3 Å². The molecule has 2 N–H and O–H groups in total. The summed E-state index contributed by atoms with van der Waals surface area (Å²) in [6, 6.07) is 5.21. The molecule has 0 amide bonds. The fraction of sp³-hybridized carbons (Fsp3) is 0.538. The molecule has 17 heavy (non-hydrogen) atoms. The molecular weight excluding hydrogens is 254 g/mol. The van der Waals surface area contributed by atoms with E-state index in [2.05, 4.69) is 20.8 Å². The van der Waals surface area contributed by atoms with E-state index in [4.69, 9.17) is 17.3 Å². The Morgan fingerprint density at radius 3 is 2.53 bits per heavy atom. The van der Waals surface area contributed by atoms with Gasteiger partial charge in [0.1, 0.15) is 0 Å². The Hall–Kier alpha value is -0.540. The summed E-state index contributed by atoms with van der Waals surface area (Å²) in [6.45, 7) is 6.50. The SMILES string of the molecule is CC(C)CC(C)CS(=O)c1ccc(N)c(Cl)c1. The number of nitrogen functional groups attached to an aromatic ring is 1. The number of nitrogens with two attached hydrogens (primary N) is 1. The van der Waals surface area contributed by atoms with Gasteiger partial charge >= 0.3 is 0 Å². The van der Waals surface area contributed by atoms with Crippen LogP contribution in [0.15, 0.2) is 23.1 Å². The van der Waals surface area contributed by atoms with E-state index in [1.54, 1.807) is 18.2 Å². The van der Waals surface area contributed by atoms with Crippen LogP contribution in [0.5, 0.6) is 0 Å². The van der Waals surface area contributed by atoms with Crippen LogP contribution in [-0.2, 0) is 10.8 Å². The van der Waals surface area contributed by atoms with Crippen LogP contribution in [0.4, 0.5) is 5.69 Å². The lowest BCUT2D eigenvalue weighted by Gasteiger charge is -2.13. The molecule has 0 heterocycles. The highest BCUT2D eigenvalue weighted by Crippen LogP contribution is 2.23. The van der Waals surface area contributed by atoms with Gasteiger partial charge in [-0.3, -0.25) is 4.21 Å². The van der Waals surface area contributed by atoms with Gasteiger partial charge in [-0.1, -0.05) is 32.4 Å². The average molecular weight is 274 g/mol. The normalized spacial score (nSPS) is 14.9. The highest BCUT2D eigenvalue weighted by molar-refractivity contribution is 7.85. The molecule has 1 aromatic carbocycles. The Bertz CT molecular complexity index is 406. The molecule has 4 heteroatoms. The summed E-state index contributed by atoms with van der Waals surface area (Å²) >= 11 is 5.92. The highest BCUT2D eigenvalue weighted by atomic mass is 35.5. The number of anilines is 1. The molecule has 2 nitrogen and oxygen atoms in total. The first-order valence-electron chi connectivity index (χ1n) is 5.83. The zero-order valence-electron chi connectivity index (χ0n) is 10.6. The lowest BCUT2D eigenvalue weighted by Crippen LogP contribution is -2.10. The van der Waals surface area contributed by atoms with E-state index in [1.807, 2.05) is 0 Å². The van der Waals surface area contributed by atoms with Crippen molar-refractivity contribution < 1.29 is 4.21 Å². The minimum Gasteiger partial charge on any atom is -0.398 e. The molecule has 0 aliphatic carbocycles. The third-order valence-electron chi connectivity index (χ3n) is 2.54. The van der Waals surface area contributed by atoms with Crippen LogP contribution in [0.3, 0.4) is 0 Å². The molecule has 0 aromatic heterocycles. The lowest BCUT2D eigenvalue weighted by atomic mass is 10.0. The third-order valence-corrected chi connectivity index (χ3v) is 4.52. The van der Waals surface area contributed by atoms with Crippen LogP contribution in [-0.4, -0.2) is 9.96 Å². The van der Waals surface area contributed by atoms with Gasteiger partial charge in [0.2, 0.25) is 0 Å². The van der Waals surface area contributed by atoms with Crippen LogP contribution in [0.25, 0.3) is 0 Å².